The first kappa shape index (κ1) is 21.5. The maximum Gasteiger partial charge on any atom is 0.308 e. The van der Waals surface area contributed by atoms with Crippen LogP contribution < -0.4 is 0 Å². The Morgan fingerprint density at radius 2 is 1.90 bits per heavy atom. The van der Waals surface area contributed by atoms with Crippen LogP contribution in [0.4, 0.5) is 0 Å². The molecule has 1 amide bonds. The molecule has 2 aromatic rings. The highest BCUT2D eigenvalue weighted by atomic mass is 16.5. The maximum absolute atomic E-state index is 13.1. The van der Waals surface area contributed by atoms with Crippen molar-refractivity contribution in [1.82, 2.24) is 19.9 Å². The van der Waals surface area contributed by atoms with Gasteiger partial charge in [0.25, 0.3) is 0 Å². The van der Waals surface area contributed by atoms with Gasteiger partial charge in [-0.25, -0.2) is 0 Å². The average molecular weight is 427 g/mol. The van der Waals surface area contributed by atoms with Gasteiger partial charge in [-0.3, -0.25) is 14.5 Å². The van der Waals surface area contributed by atoms with Gasteiger partial charge in [-0.1, -0.05) is 29.4 Å². The van der Waals surface area contributed by atoms with Crippen LogP contribution in [0.25, 0.3) is 11.4 Å². The lowest BCUT2D eigenvalue weighted by Crippen LogP contribution is -2.47. The molecule has 2 saturated heterocycles. The topological polar surface area (TPSA) is 88.8 Å². The van der Waals surface area contributed by atoms with E-state index in [0.717, 1.165) is 30.5 Å². The van der Waals surface area contributed by atoms with Crippen LogP contribution in [0.2, 0.25) is 0 Å². The Balaban J connectivity index is 1.33. The molecule has 1 atom stereocenters. The van der Waals surface area contributed by atoms with Crippen LogP contribution in [0, 0.1) is 18.8 Å². The minimum atomic E-state index is -0.166. The second kappa shape index (κ2) is 9.60. The molecule has 2 fully saturated rings. The Morgan fingerprint density at radius 3 is 2.65 bits per heavy atom. The summed E-state index contributed by atoms with van der Waals surface area (Å²) in [6.07, 6.45) is 3.22. The molecule has 0 spiro atoms. The van der Waals surface area contributed by atoms with Crippen molar-refractivity contribution in [3.8, 4) is 11.4 Å². The molecule has 0 radical (unpaired) electrons. The van der Waals surface area contributed by atoms with Crippen LogP contribution in [0.3, 0.4) is 0 Å². The second-order valence-electron chi connectivity index (χ2n) is 8.52. The molecule has 0 bridgehead atoms. The summed E-state index contributed by atoms with van der Waals surface area (Å²) in [4.78, 5) is 33.5. The van der Waals surface area contributed by atoms with Crippen molar-refractivity contribution >= 4 is 11.9 Å². The van der Waals surface area contributed by atoms with E-state index in [4.69, 9.17) is 9.26 Å². The van der Waals surface area contributed by atoms with Gasteiger partial charge in [-0.2, -0.15) is 4.98 Å². The summed E-state index contributed by atoms with van der Waals surface area (Å²) >= 11 is 0. The summed E-state index contributed by atoms with van der Waals surface area (Å²) in [6.45, 7) is 5.43. The zero-order valence-electron chi connectivity index (χ0n) is 18.2. The number of hydrogen-bond acceptors (Lipinski definition) is 7. The van der Waals surface area contributed by atoms with Crippen molar-refractivity contribution < 1.29 is 18.8 Å². The minimum Gasteiger partial charge on any atom is -0.469 e. The van der Waals surface area contributed by atoms with Crippen molar-refractivity contribution in [2.24, 2.45) is 11.8 Å². The molecule has 8 heteroatoms. The zero-order valence-corrected chi connectivity index (χ0v) is 18.2. The molecule has 0 N–H and O–H groups in total. The highest BCUT2D eigenvalue weighted by Gasteiger charge is 2.33. The first-order valence-electron chi connectivity index (χ1n) is 11.0. The number of aryl methyl sites for hydroxylation is 1. The normalized spacial score (nSPS) is 20.6. The Hall–Kier alpha value is -2.74. The summed E-state index contributed by atoms with van der Waals surface area (Å²) in [6, 6.07) is 7.97. The van der Waals surface area contributed by atoms with Gasteiger partial charge < -0.3 is 14.2 Å². The third kappa shape index (κ3) is 4.95. The fraction of sp³-hybridized carbons (Fsp3) is 0.565. The van der Waals surface area contributed by atoms with E-state index in [1.165, 1.54) is 7.11 Å². The second-order valence-corrected chi connectivity index (χ2v) is 8.52. The lowest BCUT2D eigenvalue weighted by atomic mass is 9.93. The first-order valence-corrected chi connectivity index (χ1v) is 11.0. The van der Waals surface area contributed by atoms with Gasteiger partial charge in [0.05, 0.1) is 25.5 Å². The number of amides is 1. The molecule has 31 heavy (non-hydrogen) atoms. The van der Waals surface area contributed by atoms with Gasteiger partial charge in [0, 0.05) is 25.2 Å². The fourth-order valence-corrected chi connectivity index (χ4v) is 4.60. The van der Waals surface area contributed by atoms with Crippen molar-refractivity contribution in [3.63, 3.8) is 0 Å². The first-order chi connectivity index (χ1) is 15.0. The lowest BCUT2D eigenvalue weighted by molar-refractivity contribution is -0.150. The smallest absolute Gasteiger partial charge is 0.308 e. The van der Waals surface area contributed by atoms with E-state index < -0.39 is 0 Å². The van der Waals surface area contributed by atoms with Crippen molar-refractivity contribution in [3.05, 3.63) is 35.7 Å². The van der Waals surface area contributed by atoms with Gasteiger partial charge in [0.15, 0.2) is 0 Å². The van der Waals surface area contributed by atoms with Gasteiger partial charge in [0.2, 0.25) is 17.6 Å². The molecule has 0 aliphatic carbocycles. The van der Waals surface area contributed by atoms with E-state index in [-0.39, 0.29) is 23.7 Å². The summed E-state index contributed by atoms with van der Waals surface area (Å²) in [7, 11) is 1.42. The SMILES string of the molecule is COC(=O)C1CCN(C(=O)C2CCCN(Cc3nc(-c4ccccc4C)no3)C2)CC1. The van der Waals surface area contributed by atoms with Gasteiger partial charge in [0.1, 0.15) is 0 Å². The number of hydrogen-bond donors (Lipinski definition) is 0. The number of likely N-dealkylation sites (tertiary alicyclic amines) is 2. The summed E-state index contributed by atoms with van der Waals surface area (Å²) < 4.78 is 10.3. The number of aromatic nitrogens is 2. The molecule has 1 aromatic carbocycles. The number of nitrogens with zero attached hydrogens (tertiary/aromatic N) is 4. The van der Waals surface area contributed by atoms with E-state index in [0.29, 0.717) is 50.7 Å². The average Bonchev–Trinajstić information content (AvgIpc) is 3.26. The maximum atomic E-state index is 13.1. The van der Waals surface area contributed by atoms with Crippen molar-refractivity contribution in [2.75, 3.05) is 33.3 Å². The Morgan fingerprint density at radius 1 is 1.13 bits per heavy atom. The van der Waals surface area contributed by atoms with Crippen molar-refractivity contribution in [2.45, 2.75) is 39.2 Å². The number of carbonyl (C=O) groups is 2. The quantitative estimate of drug-likeness (QED) is 0.679. The minimum absolute atomic E-state index is 0.0258. The lowest BCUT2D eigenvalue weighted by Gasteiger charge is -2.37. The zero-order chi connectivity index (χ0) is 21.8. The number of esters is 1. The largest absolute Gasteiger partial charge is 0.469 e. The molecular formula is C23H30N4O4. The standard InChI is InChI=1S/C23H30N4O4/c1-16-6-3-4-8-19(16)21-24-20(31-25-21)15-26-11-5-7-18(14-26)22(28)27-12-9-17(10-13-27)23(29)30-2/h3-4,6,8,17-18H,5,7,9-15H2,1-2H3. The van der Waals surface area contributed by atoms with Crippen LogP contribution in [0.5, 0.6) is 0 Å². The number of carbonyl (C=O) groups excluding carboxylic acids is 2. The van der Waals surface area contributed by atoms with E-state index in [1.54, 1.807) is 0 Å². The monoisotopic (exact) mass is 426 g/mol. The van der Waals surface area contributed by atoms with Gasteiger partial charge >= 0.3 is 5.97 Å². The fourth-order valence-electron chi connectivity index (χ4n) is 4.60. The van der Waals surface area contributed by atoms with Crippen LogP contribution in [-0.2, 0) is 20.9 Å². The van der Waals surface area contributed by atoms with Gasteiger partial charge in [-0.15, -0.1) is 0 Å². The number of rotatable bonds is 5. The predicted molar refractivity (Wildman–Crippen MR) is 114 cm³/mol. The highest BCUT2D eigenvalue weighted by molar-refractivity contribution is 5.80. The van der Waals surface area contributed by atoms with E-state index >= 15 is 0 Å². The number of ether oxygens (including phenoxy) is 1. The molecule has 1 aromatic heterocycles. The highest BCUT2D eigenvalue weighted by Crippen LogP contribution is 2.25. The van der Waals surface area contributed by atoms with E-state index in [1.807, 2.05) is 36.1 Å². The molecule has 8 nitrogen and oxygen atoms in total. The van der Waals surface area contributed by atoms with Gasteiger partial charge in [-0.05, 0) is 44.7 Å². The molecule has 2 aliphatic rings. The van der Waals surface area contributed by atoms with Crippen LogP contribution >= 0.6 is 0 Å². The number of benzene rings is 1. The summed E-state index contributed by atoms with van der Waals surface area (Å²) in [5, 5.41) is 4.14. The molecule has 4 rings (SSSR count). The van der Waals surface area contributed by atoms with Crippen LogP contribution in [-0.4, -0.2) is 65.1 Å². The Bertz CT molecular complexity index is 920. The number of piperidine rings is 2. The molecule has 1 unspecified atom stereocenters. The van der Waals surface area contributed by atoms with E-state index in [9.17, 15) is 9.59 Å². The summed E-state index contributed by atoms with van der Waals surface area (Å²) in [5.41, 5.74) is 2.08. The molecular weight excluding hydrogens is 396 g/mol. The third-order valence-electron chi connectivity index (χ3n) is 6.41. The predicted octanol–water partition coefficient (Wildman–Crippen LogP) is 2.67. The van der Waals surface area contributed by atoms with Crippen LogP contribution in [0.1, 0.15) is 37.1 Å². The van der Waals surface area contributed by atoms with Crippen molar-refractivity contribution in [1.29, 1.82) is 0 Å². The van der Waals surface area contributed by atoms with Crippen LogP contribution in [0.15, 0.2) is 28.8 Å². The molecule has 3 heterocycles. The molecule has 0 saturated carbocycles. The Labute approximate surface area is 182 Å². The third-order valence-corrected chi connectivity index (χ3v) is 6.41. The van der Waals surface area contributed by atoms with E-state index in [2.05, 4.69) is 15.0 Å². The molecule has 166 valence electrons. The Kier molecular flexibility index (Phi) is 6.65. The summed E-state index contributed by atoms with van der Waals surface area (Å²) in [5.74, 6) is 1.09. The number of methoxy groups -OCH3 is 1. The molecule has 2 aliphatic heterocycles.